The van der Waals surface area contributed by atoms with Crippen molar-refractivity contribution in [2.24, 2.45) is 0 Å². The number of β-amino-alcohol motifs (C(OH)–C–C–N with tert-alkyl or cyclic N) is 1. The Labute approximate surface area is 97.9 Å². The van der Waals surface area contributed by atoms with Gasteiger partial charge in [0.1, 0.15) is 17.8 Å². The number of aromatic amines is 1. The minimum Gasteiger partial charge on any atom is -0.394 e. The normalized spacial score (nSPS) is 24.7. The number of aromatic nitrogens is 3. The summed E-state index contributed by atoms with van der Waals surface area (Å²) in [6.45, 7) is 0.523. The Hall–Kier alpha value is -1.66. The highest BCUT2D eigenvalue weighted by atomic mass is 16.3. The second kappa shape index (κ2) is 3.97. The summed E-state index contributed by atoms with van der Waals surface area (Å²) in [6.07, 6.45) is 3.47. The molecule has 0 aromatic carbocycles. The molecule has 1 fully saturated rings. The largest absolute Gasteiger partial charge is 0.394 e. The summed E-state index contributed by atoms with van der Waals surface area (Å²) in [7, 11) is 0. The standard InChI is InChI=1S/C11H14N4O2/c16-5-7-3-8(17)4-15(7)11-9-1-2-12-10(9)13-6-14-11/h1-2,6-8,16-17H,3-5H2,(H,12,13,14)/t7-,8-/m0/s1. The van der Waals surface area contributed by atoms with Crippen molar-refractivity contribution in [1.29, 1.82) is 0 Å². The van der Waals surface area contributed by atoms with Gasteiger partial charge in [-0.2, -0.15) is 0 Å². The molecule has 6 nitrogen and oxygen atoms in total. The topological polar surface area (TPSA) is 85.3 Å². The van der Waals surface area contributed by atoms with Crippen LogP contribution >= 0.6 is 0 Å². The molecule has 6 heteroatoms. The zero-order chi connectivity index (χ0) is 11.8. The number of anilines is 1. The van der Waals surface area contributed by atoms with E-state index in [2.05, 4.69) is 15.0 Å². The van der Waals surface area contributed by atoms with Gasteiger partial charge < -0.3 is 20.1 Å². The van der Waals surface area contributed by atoms with Crippen LogP contribution in [0.1, 0.15) is 6.42 Å². The fourth-order valence-electron chi connectivity index (χ4n) is 2.41. The average molecular weight is 234 g/mol. The second-order valence-electron chi connectivity index (χ2n) is 4.32. The molecule has 3 heterocycles. The first-order valence-corrected chi connectivity index (χ1v) is 5.63. The number of aliphatic hydroxyl groups excluding tert-OH is 2. The Kier molecular flexibility index (Phi) is 2.45. The number of fused-ring (bicyclic) bond motifs is 1. The minimum atomic E-state index is -0.406. The Morgan fingerprint density at radius 1 is 1.47 bits per heavy atom. The Morgan fingerprint density at radius 3 is 3.18 bits per heavy atom. The molecule has 3 rings (SSSR count). The molecule has 2 aromatic rings. The van der Waals surface area contributed by atoms with Crippen LogP contribution in [0.25, 0.3) is 11.0 Å². The predicted octanol–water partition coefficient (Wildman–Crippen LogP) is -0.110. The number of aliphatic hydroxyl groups is 2. The Balaban J connectivity index is 2.05. The third kappa shape index (κ3) is 1.65. The first-order valence-electron chi connectivity index (χ1n) is 5.63. The monoisotopic (exact) mass is 234 g/mol. The molecule has 0 aliphatic carbocycles. The van der Waals surface area contributed by atoms with E-state index >= 15 is 0 Å². The van der Waals surface area contributed by atoms with E-state index in [1.54, 1.807) is 0 Å². The van der Waals surface area contributed by atoms with Crippen LogP contribution in [0.5, 0.6) is 0 Å². The molecule has 0 spiro atoms. The van der Waals surface area contributed by atoms with Crippen molar-refractivity contribution in [3.8, 4) is 0 Å². The van der Waals surface area contributed by atoms with Crippen LogP contribution in [-0.4, -0.2) is 50.5 Å². The summed E-state index contributed by atoms with van der Waals surface area (Å²) in [5.74, 6) is 0.770. The van der Waals surface area contributed by atoms with Crippen molar-refractivity contribution >= 4 is 16.9 Å². The maximum atomic E-state index is 9.68. The summed E-state index contributed by atoms with van der Waals surface area (Å²) < 4.78 is 0. The van der Waals surface area contributed by atoms with Crippen LogP contribution in [0.2, 0.25) is 0 Å². The van der Waals surface area contributed by atoms with Gasteiger partial charge in [-0.3, -0.25) is 0 Å². The molecule has 0 saturated carbocycles. The molecule has 17 heavy (non-hydrogen) atoms. The van der Waals surface area contributed by atoms with Crippen LogP contribution in [0, 0.1) is 0 Å². The van der Waals surface area contributed by atoms with Crippen molar-refractivity contribution in [3.63, 3.8) is 0 Å². The molecular weight excluding hydrogens is 220 g/mol. The summed E-state index contributed by atoms with van der Waals surface area (Å²) >= 11 is 0. The molecule has 1 saturated heterocycles. The lowest BCUT2D eigenvalue weighted by Gasteiger charge is -2.24. The Bertz CT molecular complexity index is 527. The number of H-pyrrole nitrogens is 1. The van der Waals surface area contributed by atoms with Crippen molar-refractivity contribution in [2.75, 3.05) is 18.1 Å². The SMILES string of the molecule is OC[C@@H]1C[C@H](O)CN1c1ncnc2[nH]ccc12. The lowest BCUT2D eigenvalue weighted by atomic mass is 10.2. The van der Waals surface area contributed by atoms with Gasteiger partial charge >= 0.3 is 0 Å². The highest BCUT2D eigenvalue weighted by molar-refractivity contribution is 5.87. The van der Waals surface area contributed by atoms with Gasteiger partial charge in [0, 0.05) is 12.7 Å². The summed E-state index contributed by atoms with van der Waals surface area (Å²) in [5.41, 5.74) is 0.771. The first kappa shape index (κ1) is 10.5. The van der Waals surface area contributed by atoms with E-state index in [4.69, 9.17) is 0 Å². The van der Waals surface area contributed by atoms with Gasteiger partial charge in [0.25, 0.3) is 0 Å². The number of hydrogen-bond acceptors (Lipinski definition) is 5. The van der Waals surface area contributed by atoms with E-state index in [0.717, 1.165) is 16.9 Å². The van der Waals surface area contributed by atoms with E-state index in [9.17, 15) is 10.2 Å². The molecule has 90 valence electrons. The van der Waals surface area contributed by atoms with Gasteiger partial charge in [0.15, 0.2) is 0 Å². The van der Waals surface area contributed by atoms with Crippen LogP contribution in [0.4, 0.5) is 5.82 Å². The van der Waals surface area contributed by atoms with E-state index in [1.807, 2.05) is 17.2 Å². The molecule has 2 atom stereocenters. The third-order valence-corrected chi connectivity index (χ3v) is 3.21. The van der Waals surface area contributed by atoms with Crippen LogP contribution < -0.4 is 4.90 Å². The molecule has 1 aliphatic heterocycles. The summed E-state index contributed by atoms with van der Waals surface area (Å²) in [5, 5.41) is 19.9. The van der Waals surface area contributed by atoms with Gasteiger partial charge in [-0.15, -0.1) is 0 Å². The van der Waals surface area contributed by atoms with E-state index in [-0.39, 0.29) is 12.6 Å². The van der Waals surface area contributed by atoms with Crippen LogP contribution in [0.15, 0.2) is 18.6 Å². The van der Waals surface area contributed by atoms with Crippen molar-refractivity contribution in [3.05, 3.63) is 18.6 Å². The van der Waals surface area contributed by atoms with E-state index < -0.39 is 6.10 Å². The molecule has 1 aliphatic rings. The molecule has 0 bridgehead atoms. The van der Waals surface area contributed by atoms with Crippen molar-refractivity contribution < 1.29 is 10.2 Å². The highest BCUT2D eigenvalue weighted by Crippen LogP contribution is 2.28. The van der Waals surface area contributed by atoms with E-state index in [1.165, 1.54) is 6.33 Å². The summed E-state index contributed by atoms with van der Waals surface area (Å²) in [4.78, 5) is 13.4. The minimum absolute atomic E-state index is 0.0208. The molecule has 0 radical (unpaired) electrons. The number of rotatable bonds is 2. The molecule has 0 unspecified atom stereocenters. The van der Waals surface area contributed by atoms with E-state index in [0.29, 0.717) is 13.0 Å². The lowest BCUT2D eigenvalue weighted by molar-refractivity contribution is 0.184. The van der Waals surface area contributed by atoms with Gasteiger partial charge in [-0.05, 0) is 12.5 Å². The zero-order valence-corrected chi connectivity index (χ0v) is 9.24. The second-order valence-corrected chi connectivity index (χ2v) is 4.32. The maximum Gasteiger partial charge on any atom is 0.142 e. The van der Waals surface area contributed by atoms with Gasteiger partial charge in [0.05, 0.1) is 24.1 Å². The fourth-order valence-corrected chi connectivity index (χ4v) is 2.41. The highest BCUT2D eigenvalue weighted by Gasteiger charge is 2.32. The zero-order valence-electron chi connectivity index (χ0n) is 9.24. The predicted molar refractivity (Wildman–Crippen MR) is 62.7 cm³/mol. The van der Waals surface area contributed by atoms with Crippen molar-refractivity contribution in [1.82, 2.24) is 15.0 Å². The van der Waals surface area contributed by atoms with Crippen LogP contribution in [-0.2, 0) is 0 Å². The Morgan fingerprint density at radius 2 is 2.35 bits per heavy atom. The lowest BCUT2D eigenvalue weighted by Crippen LogP contribution is -2.33. The van der Waals surface area contributed by atoms with Gasteiger partial charge in [-0.1, -0.05) is 0 Å². The summed E-state index contributed by atoms with van der Waals surface area (Å²) in [6, 6.07) is 1.84. The average Bonchev–Trinajstić information content (AvgIpc) is 2.93. The quantitative estimate of drug-likeness (QED) is 0.675. The van der Waals surface area contributed by atoms with Crippen molar-refractivity contribution in [2.45, 2.75) is 18.6 Å². The fraction of sp³-hybridized carbons (Fsp3) is 0.455. The van der Waals surface area contributed by atoms with Crippen LogP contribution in [0.3, 0.4) is 0 Å². The van der Waals surface area contributed by atoms with Gasteiger partial charge in [-0.25, -0.2) is 9.97 Å². The number of nitrogens with zero attached hydrogens (tertiary/aromatic N) is 3. The number of hydrogen-bond donors (Lipinski definition) is 3. The molecule has 0 amide bonds. The third-order valence-electron chi connectivity index (χ3n) is 3.21. The maximum absolute atomic E-state index is 9.68. The molecular formula is C11H14N4O2. The number of nitrogens with one attached hydrogen (secondary N) is 1. The molecule has 2 aromatic heterocycles. The van der Waals surface area contributed by atoms with Gasteiger partial charge in [0.2, 0.25) is 0 Å². The molecule has 3 N–H and O–H groups in total. The first-order chi connectivity index (χ1) is 8.29. The smallest absolute Gasteiger partial charge is 0.142 e.